The first-order valence-corrected chi connectivity index (χ1v) is 13.7. The van der Waals surface area contributed by atoms with E-state index in [0.717, 1.165) is 37.4 Å². The second-order valence-electron chi connectivity index (χ2n) is 8.71. The Morgan fingerprint density at radius 3 is 2.36 bits per heavy atom. The number of esters is 1. The summed E-state index contributed by atoms with van der Waals surface area (Å²) in [5, 5.41) is 2.80. The van der Waals surface area contributed by atoms with Gasteiger partial charge < -0.3 is 10.1 Å². The number of unbranched alkanes of at least 4 members (excludes halogenated alkanes) is 1. The van der Waals surface area contributed by atoms with Crippen LogP contribution in [0, 0.1) is 5.92 Å². The van der Waals surface area contributed by atoms with Gasteiger partial charge in [0.05, 0.1) is 17.1 Å². The van der Waals surface area contributed by atoms with Crippen molar-refractivity contribution in [1.29, 1.82) is 0 Å². The van der Waals surface area contributed by atoms with E-state index in [1.165, 1.54) is 24.3 Å². The second-order valence-corrected chi connectivity index (χ2v) is 10.4. The molecule has 36 heavy (non-hydrogen) atoms. The van der Waals surface area contributed by atoms with Gasteiger partial charge in [-0.05, 0) is 55.0 Å². The molecule has 0 radical (unpaired) electrons. The van der Waals surface area contributed by atoms with Crippen LogP contribution in [0.2, 0.25) is 0 Å². The quantitative estimate of drug-likeness (QED) is 0.366. The zero-order chi connectivity index (χ0) is 26.6. The maximum absolute atomic E-state index is 12.6. The largest absolute Gasteiger partial charge is 0.461 e. The molecule has 0 aliphatic heterocycles. The Morgan fingerprint density at radius 2 is 1.75 bits per heavy atom. The number of rotatable bonds is 14. The summed E-state index contributed by atoms with van der Waals surface area (Å²) in [5.74, 6) is -1.23. The van der Waals surface area contributed by atoms with E-state index in [9.17, 15) is 22.8 Å². The molecule has 1 aromatic carbocycles. The summed E-state index contributed by atoms with van der Waals surface area (Å²) in [6.07, 6.45) is 6.03. The Kier molecular flexibility index (Phi) is 11.5. The number of nitrogens with zero attached hydrogens (tertiary/aromatic N) is 1. The maximum Gasteiger partial charge on any atom is 0.356 e. The first-order chi connectivity index (χ1) is 17.2. The molecule has 0 aliphatic carbocycles. The van der Waals surface area contributed by atoms with Crippen molar-refractivity contribution < 1.29 is 27.5 Å². The van der Waals surface area contributed by atoms with Crippen LogP contribution < -0.4 is 10.0 Å². The predicted molar refractivity (Wildman–Crippen MR) is 136 cm³/mol. The van der Waals surface area contributed by atoms with Crippen molar-refractivity contribution in [3.05, 3.63) is 59.4 Å². The molecule has 2 N–H and O–H groups in total. The molecular formula is C26H35N3O6S. The zero-order valence-corrected chi connectivity index (χ0v) is 21.9. The number of sulfonamides is 1. The van der Waals surface area contributed by atoms with E-state index in [4.69, 9.17) is 4.74 Å². The van der Waals surface area contributed by atoms with E-state index in [1.54, 1.807) is 12.1 Å². The Labute approximate surface area is 213 Å². The van der Waals surface area contributed by atoms with E-state index in [2.05, 4.69) is 17.2 Å². The minimum Gasteiger partial charge on any atom is -0.461 e. The van der Waals surface area contributed by atoms with Crippen molar-refractivity contribution in [1.82, 2.24) is 15.0 Å². The van der Waals surface area contributed by atoms with Gasteiger partial charge in [-0.2, -0.15) is 0 Å². The van der Waals surface area contributed by atoms with Gasteiger partial charge in [0, 0.05) is 19.2 Å². The average molecular weight is 518 g/mol. The van der Waals surface area contributed by atoms with E-state index in [0.29, 0.717) is 19.4 Å². The Balaban J connectivity index is 1.91. The predicted octanol–water partition coefficient (Wildman–Crippen LogP) is 3.64. The highest BCUT2D eigenvalue weighted by Gasteiger charge is 2.20. The molecule has 196 valence electrons. The Hall–Kier alpha value is -3.27. The summed E-state index contributed by atoms with van der Waals surface area (Å²) >= 11 is 0. The van der Waals surface area contributed by atoms with Crippen LogP contribution in [0.3, 0.4) is 0 Å². The van der Waals surface area contributed by atoms with Crippen LogP contribution in [0.1, 0.15) is 79.3 Å². The average Bonchev–Trinajstić information content (AvgIpc) is 2.86. The number of carbonyl (C=O) groups excluding carboxylic acids is 3. The van der Waals surface area contributed by atoms with Crippen LogP contribution in [-0.4, -0.2) is 44.3 Å². The van der Waals surface area contributed by atoms with Gasteiger partial charge >= 0.3 is 5.97 Å². The zero-order valence-electron chi connectivity index (χ0n) is 21.1. The molecule has 9 nitrogen and oxygen atoms in total. The summed E-state index contributed by atoms with van der Waals surface area (Å²) in [6.45, 7) is 6.77. The van der Waals surface area contributed by atoms with Crippen LogP contribution in [0.25, 0.3) is 0 Å². The molecule has 1 heterocycles. The van der Waals surface area contributed by atoms with E-state index in [-0.39, 0.29) is 34.6 Å². The number of pyridine rings is 1. The number of carbonyl (C=O) groups is 3. The number of benzene rings is 1. The third kappa shape index (κ3) is 9.41. The van der Waals surface area contributed by atoms with Gasteiger partial charge in [-0.25, -0.2) is 22.9 Å². The number of aromatic nitrogens is 1. The number of ether oxygens (including phenoxy) is 1. The lowest BCUT2D eigenvalue weighted by Crippen LogP contribution is -2.30. The number of hydrogen-bond donors (Lipinski definition) is 2. The first-order valence-electron chi connectivity index (χ1n) is 12.2. The fourth-order valence-corrected chi connectivity index (χ4v) is 4.29. The summed E-state index contributed by atoms with van der Waals surface area (Å²) in [6, 6.07) is 8.72. The van der Waals surface area contributed by atoms with Gasteiger partial charge in [-0.15, -0.1) is 0 Å². The standard InChI is InChI=1S/C26H35N3O6S/c1-4-6-8-19(3)18-35-26(32)23-14-11-21(17-28-23)25(31)29-36(33,34)22-12-9-20(10-13-22)15-16-27-24(30)7-5-2/h9-14,17,19H,4-8,15-16,18H2,1-3H3,(H,27,30)(H,29,31). The molecule has 0 spiro atoms. The molecule has 1 unspecified atom stereocenters. The molecule has 2 rings (SSSR count). The molecule has 0 saturated heterocycles. The van der Waals surface area contributed by atoms with Gasteiger partial charge in [0.2, 0.25) is 5.91 Å². The van der Waals surface area contributed by atoms with E-state index in [1.807, 2.05) is 18.6 Å². The fraction of sp³-hybridized carbons (Fsp3) is 0.462. The van der Waals surface area contributed by atoms with Crippen molar-refractivity contribution in [3.63, 3.8) is 0 Å². The van der Waals surface area contributed by atoms with Gasteiger partial charge in [0.25, 0.3) is 15.9 Å². The molecule has 1 atom stereocenters. The molecule has 0 fully saturated rings. The molecule has 1 aromatic heterocycles. The normalized spacial score (nSPS) is 12.0. The second kappa shape index (κ2) is 14.3. The van der Waals surface area contributed by atoms with Crippen LogP contribution in [0.5, 0.6) is 0 Å². The molecule has 0 saturated carbocycles. The van der Waals surface area contributed by atoms with Crippen LogP contribution >= 0.6 is 0 Å². The van der Waals surface area contributed by atoms with Gasteiger partial charge in [-0.1, -0.05) is 45.7 Å². The number of nitrogens with one attached hydrogen (secondary N) is 2. The van der Waals surface area contributed by atoms with Crippen molar-refractivity contribution in [2.45, 2.75) is 64.2 Å². The molecule has 2 amide bonds. The summed E-state index contributed by atoms with van der Waals surface area (Å²) in [5.41, 5.74) is 0.882. The van der Waals surface area contributed by atoms with Crippen LogP contribution in [0.4, 0.5) is 0 Å². The van der Waals surface area contributed by atoms with E-state index < -0.39 is 21.9 Å². The lowest BCUT2D eigenvalue weighted by Gasteiger charge is -2.11. The third-order valence-electron chi connectivity index (χ3n) is 5.46. The van der Waals surface area contributed by atoms with Gasteiger partial charge in [-0.3, -0.25) is 9.59 Å². The minimum absolute atomic E-state index is 0.00844. The monoisotopic (exact) mass is 517 g/mol. The highest BCUT2D eigenvalue weighted by molar-refractivity contribution is 7.90. The lowest BCUT2D eigenvalue weighted by molar-refractivity contribution is -0.121. The molecule has 0 aliphatic rings. The van der Waals surface area contributed by atoms with Crippen molar-refractivity contribution in [2.75, 3.05) is 13.2 Å². The summed E-state index contributed by atoms with van der Waals surface area (Å²) < 4.78 is 32.5. The van der Waals surface area contributed by atoms with Gasteiger partial charge in [0.15, 0.2) is 0 Å². The Morgan fingerprint density at radius 1 is 1.03 bits per heavy atom. The number of amides is 2. The van der Waals surface area contributed by atoms with E-state index >= 15 is 0 Å². The first kappa shape index (κ1) is 29.0. The third-order valence-corrected chi connectivity index (χ3v) is 6.80. The molecular weight excluding hydrogens is 482 g/mol. The van der Waals surface area contributed by atoms with Gasteiger partial charge in [0.1, 0.15) is 5.69 Å². The topological polar surface area (TPSA) is 132 Å². The van der Waals surface area contributed by atoms with Crippen LogP contribution in [-0.2, 0) is 26.0 Å². The molecule has 10 heteroatoms. The van der Waals surface area contributed by atoms with Crippen LogP contribution in [0.15, 0.2) is 47.5 Å². The highest BCUT2D eigenvalue weighted by Crippen LogP contribution is 2.13. The highest BCUT2D eigenvalue weighted by atomic mass is 32.2. The number of hydrogen-bond acceptors (Lipinski definition) is 7. The van der Waals surface area contributed by atoms with Crippen molar-refractivity contribution in [3.8, 4) is 0 Å². The maximum atomic E-state index is 12.6. The SMILES string of the molecule is CCCCC(C)COC(=O)c1ccc(C(=O)NS(=O)(=O)c2ccc(CCNC(=O)CCC)cc2)cn1. The fourth-order valence-electron chi connectivity index (χ4n) is 3.31. The molecule has 0 bridgehead atoms. The summed E-state index contributed by atoms with van der Waals surface area (Å²) in [4.78, 5) is 40.0. The van der Waals surface area contributed by atoms with Crippen molar-refractivity contribution in [2.24, 2.45) is 5.92 Å². The summed E-state index contributed by atoms with van der Waals surface area (Å²) in [7, 11) is -4.11. The lowest BCUT2D eigenvalue weighted by atomic mass is 10.1. The van der Waals surface area contributed by atoms with Crippen molar-refractivity contribution >= 4 is 27.8 Å². The Bertz CT molecular complexity index is 1120. The molecule has 2 aromatic rings. The smallest absolute Gasteiger partial charge is 0.356 e. The minimum atomic E-state index is -4.11.